The number of nitrogens with one attached hydrogen (secondary N) is 1. The number of rotatable bonds is 3. The van der Waals surface area contributed by atoms with E-state index in [1.807, 2.05) is 29.7 Å². The lowest BCUT2D eigenvalue weighted by molar-refractivity contribution is 0.271. The van der Waals surface area contributed by atoms with Crippen LogP contribution in [0.15, 0.2) is 24.4 Å². The molecule has 2 aromatic heterocycles. The summed E-state index contributed by atoms with van der Waals surface area (Å²) in [7, 11) is 0. The van der Waals surface area contributed by atoms with Gasteiger partial charge in [-0.05, 0) is 31.3 Å². The van der Waals surface area contributed by atoms with Crippen LogP contribution in [0, 0.1) is 11.7 Å². The average molecular weight is 235 g/mol. The lowest BCUT2D eigenvalue weighted by Crippen LogP contribution is -2.06. The summed E-state index contributed by atoms with van der Waals surface area (Å²) in [4.78, 5) is 7.31. The van der Waals surface area contributed by atoms with Crippen LogP contribution in [0.3, 0.4) is 0 Å². The zero-order valence-electron chi connectivity index (χ0n) is 8.97. The van der Waals surface area contributed by atoms with E-state index in [9.17, 15) is 0 Å². The Balaban J connectivity index is 2.33. The molecule has 0 atom stereocenters. The summed E-state index contributed by atoms with van der Waals surface area (Å²) in [6.45, 7) is 2.51. The Kier molecular flexibility index (Phi) is 3.17. The van der Waals surface area contributed by atoms with E-state index in [1.165, 1.54) is 0 Å². The maximum Gasteiger partial charge on any atom is 0.177 e. The minimum Gasteiger partial charge on any atom is -0.390 e. The third-order valence-corrected chi connectivity index (χ3v) is 2.72. The smallest absolute Gasteiger partial charge is 0.177 e. The molecule has 0 bridgehead atoms. The van der Waals surface area contributed by atoms with Gasteiger partial charge in [-0.2, -0.15) is 0 Å². The molecule has 0 amide bonds. The molecule has 0 aliphatic carbocycles. The number of aliphatic hydroxyl groups is 1. The molecule has 16 heavy (non-hydrogen) atoms. The van der Waals surface area contributed by atoms with Gasteiger partial charge in [-0.1, -0.05) is 6.07 Å². The molecule has 4 nitrogen and oxygen atoms in total. The second-order valence-corrected chi connectivity index (χ2v) is 3.99. The Bertz CT molecular complexity index is 544. The molecule has 0 aromatic carbocycles. The molecule has 5 heteroatoms. The van der Waals surface area contributed by atoms with Gasteiger partial charge in [0.1, 0.15) is 0 Å². The van der Waals surface area contributed by atoms with Crippen LogP contribution in [0.4, 0.5) is 0 Å². The number of aromatic amines is 1. The highest BCUT2D eigenvalue weighted by Crippen LogP contribution is 2.06. The van der Waals surface area contributed by atoms with Crippen molar-refractivity contribution in [2.45, 2.75) is 20.1 Å². The summed E-state index contributed by atoms with van der Waals surface area (Å²) in [6, 6.07) is 5.86. The molecule has 0 saturated carbocycles. The number of nitrogens with zero attached hydrogens (tertiary/aromatic N) is 2. The molecule has 0 aliphatic rings. The van der Waals surface area contributed by atoms with Crippen molar-refractivity contribution in [3.8, 4) is 0 Å². The SMILES string of the molecule is Cc1cccc(Cn2c(CO)c[nH]c2=S)n1. The molecule has 2 rings (SSSR count). The molecule has 2 heterocycles. The topological polar surface area (TPSA) is 53.8 Å². The predicted molar refractivity (Wildman–Crippen MR) is 63.6 cm³/mol. The van der Waals surface area contributed by atoms with E-state index >= 15 is 0 Å². The lowest BCUT2D eigenvalue weighted by atomic mass is 10.3. The molecule has 0 saturated heterocycles. The van der Waals surface area contributed by atoms with Gasteiger partial charge in [0.15, 0.2) is 4.77 Å². The van der Waals surface area contributed by atoms with Crippen molar-refractivity contribution >= 4 is 12.2 Å². The maximum absolute atomic E-state index is 9.16. The minimum absolute atomic E-state index is 0.0288. The number of hydrogen-bond acceptors (Lipinski definition) is 3. The number of imidazole rings is 1. The van der Waals surface area contributed by atoms with Gasteiger partial charge in [-0.3, -0.25) is 4.98 Å². The maximum atomic E-state index is 9.16. The summed E-state index contributed by atoms with van der Waals surface area (Å²) in [6.07, 6.45) is 1.72. The van der Waals surface area contributed by atoms with Gasteiger partial charge in [0.25, 0.3) is 0 Å². The Labute approximate surface area is 98.6 Å². The van der Waals surface area contributed by atoms with Crippen molar-refractivity contribution in [2.24, 2.45) is 0 Å². The van der Waals surface area contributed by atoms with Gasteiger partial charge in [0.2, 0.25) is 0 Å². The van der Waals surface area contributed by atoms with Crippen LogP contribution in [0.5, 0.6) is 0 Å². The Morgan fingerprint density at radius 1 is 1.50 bits per heavy atom. The molecule has 84 valence electrons. The highest BCUT2D eigenvalue weighted by Gasteiger charge is 2.04. The second kappa shape index (κ2) is 4.59. The van der Waals surface area contributed by atoms with Gasteiger partial charge in [-0.25, -0.2) is 0 Å². The summed E-state index contributed by atoms with van der Waals surface area (Å²) in [5.41, 5.74) is 2.68. The fraction of sp³-hybridized carbons (Fsp3) is 0.273. The number of pyridine rings is 1. The molecule has 0 aliphatic heterocycles. The van der Waals surface area contributed by atoms with Crippen molar-refractivity contribution in [1.82, 2.24) is 14.5 Å². The van der Waals surface area contributed by atoms with Crippen LogP contribution in [0.1, 0.15) is 17.1 Å². The summed E-state index contributed by atoms with van der Waals surface area (Å²) in [5.74, 6) is 0. The van der Waals surface area contributed by atoms with E-state index in [-0.39, 0.29) is 6.61 Å². The third kappa shape index (κ3) is 2.20. The molecular formula is C11H13N3OS. The third-order valence-electron chi connectivity index (χ3n) is 2.38. The first-order valence-electron chi connectivity index (χ1n) is 5.01. The predicted octanol–water partition coefficient (Wildman–Crippen LogP) is 1.79. The van der Waals surface area contributed by atoms with E-state index in [0.29, 0.717) is 11.3 Å². The van der Waals surface area contributed by atoms with Gasteiger partial charge in [0.05, 0.1) is 24.5 Å². The average Bonchev–Trinajstić information content (AvgIpc) is 2.60. The number of aryl methyl sites for hydroxylation is 1. The zero-order valence-corrected chi connectivity index (χ0v) is 9.79. The van der Waals surface area contributed by atoms with Gasteiger partial charge < -0.3 is 14.7 Å². The Hall–Kier alpha value is -1.46. The summed E-state index contributed by atoms with van der Waals surface area (Å²) >= 11 is 5.14. The normalized spacial score (nSPS) is 10.6. The van der Waals surface area contributed by atoms with Gasteiger partial charge in [0, 0.05) is 11.9 Å². The van der Waals surface area contributed by atoms with Crippen LogP contribution in [0.25, 0.3) is 0 Å². The number of hydrogen-bond donors (Lipinski definition) is 2. The molecule has 0 radical (unpaired) electrons. The minimum atomic E-state index is -0.0288. The van der Waals surface area contributed by atoms with Crippen molar-refractivity contribution in [2.75, 3.05) is 0 Å². The van der Waals surface area contributed by atoms with Crippen LogP contribution in [-0.2, 0) is 13.2 Å². The Morgan fingerprint density at radius 3 is 3.00 bits per heavy atom. The highest BCUT2D eigenvalue weighted by atomic mass is 32.1. The fourth-order valence-electron chi connectivity index (χ4n) is 1.59. The van der Waals surface area contributed by atoms with Crippen molar-refractivity contribution in [3.63, 3.8) is 0 Å². The monoisotopic (exact) mass is 235 g/mol. The number of H-pyrrole nitrogens is 1. The molecular weight excluding hydrogens is 222 g/mol. The number of aromatic nitrogens is 3. The summed E-state index contributed by atoms with van der Waals surface area (Å²) < 4.78 is 2.45. The van der Waals surface area contributed by atoms with E-state index in [1.54, 1.807) is 6.20 Å². The second-order valence-electron chi connectivity index (χ2n) is 3.60. The largest absolute Gasteiger partial charge is 0.390 e. The van der Waals surface area contributed by atoms with E-state index in [0.717, 1.165) is 17.1 Å². The molecule has 0 unspecified atom stereocenters. The van der Waals surface area contributed by atoms with Crippen molar-refractivity contribution in [1.29, 1.82) is 0 Å². The van der Waals surface area contributed by atoms with E-state index in [2.05, 4.69) is 9.97 Å². The first-order valence-corrected chi connectivity index (χ1v) is 5.42. The van der Waals surface area contributed by atoms with Crippen LogP contribution >= 0.6 is 12.2 Å². The first-order chi connectivity index (χ1) is 7.70. The van der Waals surface area contributed by atoms with Gasteiger partial charge >= 0.3 is 0 Å². The van der Waals surface area contributed by atoms with E-state index in [4.69, 9.17) is 17.3 Å². The van der Waals surface area contributed by atoms with Crippen molar-refractivity contribution < 1.29 is 5.11 Å². The lowest BCUT2D eigenvalue weighted by Gasteiger charge is -2.06. The standard InChI is InChI=1S/C11H13N3OS/c1-8-3-2-4-9(13-8)6-14-10(7-15)5-12-11(14)16/h2-5,15H,6-7H2,1H3,(H,12,16). The Morgan fingerprint density at radius 2 is 2.31 bits per heavy atom. The van der Waals surface area contributed by atoms with Crippen LogP contribution < -0.4 is 0 Å². The van der Waals surface area contributed by atoms with E-state index < -0.39 is 0 Å². The first kappa shape index (κ1) is 11.0. The van der Waals surface area contributed by atoms with Gasteiger partial charge in [-0.15, -0.1) is 0 Å². The number of aliphatic hydroxyl groups excluding tert-OH is 1. The quantitative estimate of drug-likeness (QED) is 0.797. The zero-order chi connectivity index (χ0) is 11.5. The fourth-order valence-corrected chi connectivity index (χ4v) is 1.83. The summed E-state index contributed by atoms with van der Waals surface area (Å²) in [5, 5.41) is 9.16. The molecule has 0 spiro atoms. The molecule has 2 N–H and O–H groups in total. The molecule has 0 fully saturated rings. The van der Waals surface area contributed by atoms with Crippen LogP contribution in [0.2, 0.25) is 0 Å². The molecule has 2 aromatic rings. The van der Waals surface area contributed by atoms with Crippen molar-refractivity contribution in [3.05, 3.63) is 46.2 Å². The highest BCUT2D eigenvalue weighted by molar-refractivity contribution is 7.71. The van der Waals surface area contributed by atoms with Crippen LogP contribution in [-0.4, -0.2) is 19.6 Å².